The zero-order valence-corrected chi connectivity index (χ0v) is 14.4. The highest BCUT2D eigenvalue weighted by molar-refractivity contribution is 7.13. The van der Waals surface area contributed by atoms with Gasteiger partial charge in [-0.3, -0.25) is 14.3 Å². The standard InChI is InChI=1S/C16H13N7O2S/c1-22-13(14(17)24)10(8-19-22)21-16(25)9-7-20-23-11(4-5-18-15(9)23)12-3-2-6-26-12/h2-8H,1H3,(H2,17,24)(H,21,25). The first-order chi connectivity index (χ1) is 12.6. The van der Waals surface area contributed by atoms with Gasteiger partial charge in [-0.1, -0.05) is 6.07 Å². The highest BCUT2D eigenvalue weighted by Gasteiger charge is 2.20. The van der Waals surface area contributed by atoms with Gasteiger partial charge in [-0.15, -0.1) is 11.3 Å². The van der Waals surface area contributed by atoms with Crippen molar-refractivity contribution in [2.75, 3.05) is 5.32 Å². The fourth-order valence-electron chi connectivity index (χ4n) is 2.67. The number of nitrogens with zero attached hydrogens (tertiary/aromatic N) is 5. The largest absolute Gasteiger partial charge is 0.364 e. The van der Waals surface area contributed by atoms with Crippen LogP contribution < -0.4 is 11.1 Å². The second-order valence-electron chi connectivity index (χ2n) is 5.45. The van der Waals surface area contributed by atoms with Gasteiger partial charge in [0.25, 0.3) is 11.8 Å². The summed E-state index contributed by atoms with van der Waals surface area (Å²) in [5.41, 5.74) is 7.22. The lowest BCUT2D eigenvalue weighted by atomic mass is 10.2. The monoisotopic (exact) mass is 367 g/mol. The van der Waals surface area contributed by atoms with E-state index in [2.05, 4.69) is 20.5 Å². The van der Waals surface area contributed by atoms with E-state index >= 15 is 0 Å². The second kappa shape index (κ2) is 6.08. The van der Waals surface area contributed by atoms with E-state index in [-0.39, 0.29) is 16.9 Å². The van der Waals surface area contributed by atoms with Crippen molar-refractivity contribution in [1.29, 1.82) is 0 Å². The lowest BCUT2D eigenvalue weighted by Gasteiger charge is -2.05. The summed E-state index contributed by atoms with van der Waals surface area (Å²) in [4.78, 5) is 29.5. The molecular weight excluding hydrogens is 354 g/mol. The molecule has 4 aromatic heterocycles. The number of carbonyl (C=O) groups is 2. The first kappa shape index (κ1) is 16.0. The molecule has 26 heavy (non-hydrogen) atoms. The Morgan fingerprint density at radius 3 is 2.81 bits per heavy atom. The highest BCUT2D eigenvalue weighted by atomic mass is 32.1. The van der Waals surface area contributed by atoms with E-state index in [0.717, 1.165) is 10.6 Å². The predicted molar refractivity (Wildman–Crippen MR) is 96.0 cm³/mol. The Hall–Kier alpha value is -3.53. The molecule has 3 N–H and O–H groups in total. The second-order valence-corrected chi connectivity index (χ2v) is 6.40. The number of fused-ring (bicyclic) bond motifs is 1. The third-order valence-electron chi connectivity index (χ3n) is 3.84. The number of primary amides is 1. The summed E-state index contributed by atoms with van der Waals surface area (Å²) in [6.07, 6.45) is 4.44. The lowest BCUT2D eigenvalue weighted by molar-refractivity contribution is 0.0992. The van der Waals surface area contributed by atoms with Crippen LogP contribution in [0.1, 0.15) is 20.8 Å². The maximum Gasteiger partial charge on any atom is 0.269 e. The van der Waals surface area contributed by atoms with Crippen molar-refractivity contribution in [2.45, 2.75) is 0 Å². The molecule has 0 aliphatic carbocycles. The number of anilines is 1. The van der Waals surface area contributed by atoms with Crippen molar-refractivity contribution in [2.24, 2.45) is 12.8 Å². The molecule has 0 radical (unpaired) electrons. The van der Waals surface area contributed by atoms with Crippen LogP contribution in [-0.4, -0.2) is 36.2 Å². The maximum absolute atomic E-state index is 12.7. The molecule has 0 unspecified atom stereocenters. The van der Waals surface area contributed by atoms with Gasteiger partial charge in [-0.2, -0.15) is 10.2 Å². The van der Waals surface area contributed by atoms with Gasteiger partial charge in [-0.25, -0.2) is 9.50 Å². The quantitative estimate of drug-likeness (QED) is 0.567. The van der Waals surface area contributed by atoms with Gasteiger partial charge >= 0.3 is 0 Å². The van der Waals surface area contributed by atoms with E-state index in [1.165, 1.54) is 17.1 Å². The maximum atomic E-state index is 12.7. The molecule has 0 aliphatic rings. The summed E-state index contributed by atoms with van der Waals surface area (Å²) in [5, 5.41) is 12.8. The molecule has 0 bridgehead atoms. The smallest absolute Gasteiger partial charge is 0.269 e. The van der Waals surface area contributed by atoms with E-state index in [4.69, 9.17) is 5.73 Å². The van der Waals surface area contributed by atoms with Crippen molar-refractivity contribution >= 4 is 34.5 Å². The fourth-order valence-corrected chi connectivity index (χ4v) is 3.41. The summed E-state index contributed by atoms with van der Waals surface area (Å²) in [7, 11) is 1.57. The Bertz CT molecular complexity index is 1130. The zero-order valence-electron chi connectivity index (χ0n) is 13.6. The molecule has 0 aliphatic heterocycles. The van der Waals surface area contributed by atoms with Crippen LogP contribution in [0.2, 0.25) is 0 Å². The minimum absolute atomic E-state index is 0.113. The molecule has 130 valence electrons. The third kappa shape index (κ3) is 2.52. The molecule has 2 amide bonds. The number of rotatable bonds is 4. The van der Waals surface area contributed by atoms with Gasteiger partial charge in [0.15, 0.2) is 5.65 Å². The summed E-state index contributed by atoms with van der Waals surface area (Å²) in [6.45, 7) is 0. The van der Waals surface area contributed by atoms with Gasteiger partial charge in [0.1, 0.15) is 11.3 Å². The van der Waals surface area contributed by atoms with Crippen LogP contribution in [0, 0.1) is 0 Å². The molecule has 0 fully saturated rings. The molecule has 0 spiro atoms. The Morgan fingerprint density at radius 1 is 1.23 bits per heavy atom. The number of aromatic nitrogens is 5. The Balaban J connectivity index is 1.73. The van der Waals surface area contributed by atoms with Crippen LogP contribution in [0.5, 0.6) is 0 Å². The van der Waals surface area contributed by atoms with Gasteiger partial charge in [0.05, 0.1) is 28.7 Å². The SMILES string of the molecule is Cn1ncc(NC(=O)c2cnn3c(-c4cccs4)ccnc23)c1C(N)=O. The highest BCUT2D eigenvalue weighted by Crippen LogP contribution is 2.25. The number of thiophene rings is 1. The van der Waals surface area contributed by atoms with Gasteiger partial charge in [0, 0.05) is 13.2 Å². The van der Waals surface area contributed by atoms with Crippen molar-refractivity contribution in [1.82, 2.24) is 24.4 Å². The van der Waals surface area contributed by atoms with Crippen LogP contribution in [-0.2, 0) is 7.05 Å². The third-order valence-corrected chi connectivity index (χ3v) is 4.73. The molecule has 4 aromatic rings. The predicted octanol–water partition coefficient (Wildman–Crippen LogP) is 1.54. The van der Waals surface area contributed by atoms with Crippen LogP contribution in [0.3, 0.4) is 0 Å². The number of hydrogen-bond donors (Lipinski definition) is 2. The number of nitrogens with one attached hydrogen (secondary N) is 1. The number of carbonyl (C=O) groups excluding carboxylic acids is 2. The number of hydrogen-bond acceptors (Lipinski definition) is 6. The first-order valence-electron chi connectivity index (χ1n) is 7.56. The normalized spacial score (nSPS) is 11.0. The molecule has 10 heteroatoms. The van der Waals surface area contributed by atoms with Gasteiger partial charge < -0.3 is 11.1 Å². The van der Waals surface area contributed by atoms with Crippen LogP contribution in [0.15, 0.2) is 42.2 Å². The molecular formula is C16H13N7O2S. The van der Waals surface area contributed by atoms with E-state index < -0.39 is 11.8 Å². The first-order valence-corrected chi connectivity index (χ1v) is 8.44. The molecule has 0 aromatic carbocycles. The van der Waals surface area contributed by atoms with Crippen LogP contribution in [0.4, 0.5) is 5.69 Å². The Kier molecular flexibility index (Phi) is 3.73. The minimum Gasteiger partial charge on any atom is -0.364 e. The number of amides is 2. The molecule has 0 saturated heterocycles. The fraction of sp³-hybridized carbons (Fsp3) is 0.0625. The molecule has 0 saturated carbocycles. The van der Waals surface area contributed by atoms with E-state index in [1.54, 1.807) is 29.1 Å². The molecule has 4 rings (SSSR count). The van der Waals surface area contributed by atoms with Gasteiger partial charge in [-0.05, 0) is 17.5 Å². The van der Waals surface area contributed by atoms with Crippen molar-refractivity contribution in [3.05, 3.63) is 53.4 Å². The number of nitrogens with two attached hydrogens (primary N) is 1. The summed E-state index contributed by atoms with van der Waals surface area (Å²) >= 11 is 1.57. The van der Waals surface area contributed by atoms with Crippen molar-refractivity contribution in [3.63, 3.8) is 0 Å². The van der Waals surface area contributed by atoms with E-state index in [0.29, 0.717) is 5.65 Å². The average Bonchev–Trinajstić information content (AvgIpc) is 3.33. The Morgan fingerprint density at radius 2 is 2.08 bits per heavy atom. The van der Waals surface area contributed by atoms with E-state index in [9.17, 15) is 9.59 Å². The topological polar surface area (TPSA) is 120 Å². The van der Waals surface area contributed by atoms with Crippen LogP contribution in [0.25, 0.3) is 16.2 Å². The van der Waals surface area contributed by atoms with Crippen molar-refractivity contribution < 1.29 is 9.59 Å². The summed E-state index contributed by atoms with van der Waals surface area (Å²) in [5.74, 6) is -1.13. The molecule has 9 nitrogen and oxygen atoms in total. The van der Waals surface area contributed by atoms with Gasteiger partial charge in [0.2, 0.25) is 0 Å². The van der Waals surface area contributed by atoms with Crippen molar-refractivity contribution in [3.8, 4) is 10.6 Å². The summed E-state index contributed by atoms with van der Waals surface area (Å²) < 4.78 is 2.92. The minimum atomic E-state index is -0.682. The Labute approximate surface area is 151 Å². The average molecular weight is 367 g/mol. The number of aryl methyl sites for hydroxylation is 1. The van der Waals surface area contributed by atoms with Crippen LogP contribution >= 0.6 is 11.3 Å². The lowest BCUT2D eigenvalue weighted by Crippen LogP contribution is -2.20. The summed E-state index contributed by atoms with van der Waals surface area (Å²) in [6, 6.07) is 5.74. The molecule has 0 atom stereocenters. The zero-order chi connectivity index (χ0) is 18.3. The molecule has 4 heterocycles. The van der Waals surface area contributed by atoms with E-state index in [1.807, 2.05) is 23.6 Å².